The minimum Gasteiger partial charge on any atom is -0.426 e. The number of nitrogens with zero attached hydrogens (tertiary/aromatic N) is 1. The maximum absolute atomic E-state index is 12.8. The highest BCUT2D eigenvalue weighted by Crippen LogP contribution is 2.10. The third-order valence-corrected chi connectivity index (χ3v) is 5.22. The second-order valence-electron chi connectivity index (χ2n) is 8.84. The highest BCUT2D eigenvalue weighted by atomic mass is 16.4. The van der Waals surface area contributed by atoms with E-state index in [1.165, 1.54) is 25.7 Å². The number of nitrogens with two attached hydrogens (primary N) is 1. The molecule has 0 aromatic rings. The molecular weight excluding hydrogens is 427 g/mol. The van der Waals surface area contributed by atoms with Crippen LogP contribution in [0.15, 0.2) is 5.29 Å². The number of nitroso groups, excluding NO2 is 1. The predicted octanol–water partition coefficient (Wildman–Crippen LogP) is -0.399. The van der Waals surface area contributed by atoms with E-state index in [-0.39, 0.29) is 17.8 Å². The fourth-order valence-corrected chi connectivity index (χ4v) is 3.44. The number of hydrogen-bond donors (Lipinski definition) is 7. The summed E-state index contributed by atoms with van der Waals surface area (Å²) in [5, 5.41) is 27.1. The summed E-state index contributed by atoms with van der Waals surface area (Å²) < 4.78 is 0. The van der Waals surface area contributed by atoms with Crippen LogP contribution in [0.2, 0.25) is 0 Å². The molecule has 0 heterocycles. The lowest BCUT2D eigenvalue weighted by Gasteiger charge is -2.24. The minimum absolute atomic E-state index is 0.00521. The summed E-state index contributed by atoms with van der Waals surface area (Å²) in [5.74, 6) is -1.37. The van der Waals surface area contributed by atoms with Crippen molar-refractivity contribution in [3.8, 4) is 0 Å². The first-order valence-electron chi connectivity index (χ1n) is 12.1. The van der Waals surface area contributed by atoms with Gasteiger partial charge in [-0.25, -0.2) is 0 Å². The molecule has 0 fully saturated rings. The van der Waals surface area contributed by atoms with Crippen molar-refractivity contribution in [2.45, 2.75) is 103 Å². The van der Waals surface area contributed by atoms with Gasteiger partial charge in [0.15, 0.2) is 0 Å². The number of hydrogen-bond acceptors (Lipinski definition) is 6. The lowest BCUT2D eigenvalue weighted by molar-refractivity contribution is -0.461. The molecule has 0 saturated heterocycles. The standard InChI is InChI=1S/C21H43BN6O5/c1-4-5-6-7-8-9-10-13-19(29)25-17(12-11-14-24-21(23)27-28-33)20(30)26-18(22(31)32)15-16(2)3/h16-18,31-32H,4-15H2,1-3H3,(H,25,29)(H,26,30)(H3,23,24,27,33)/p+1/t17-,18-/m0/s1. The average Bonchev–Trinajstić information content (AvgIpc) is 2.74. The van der Waals surface area contributed by atoms with E-state index in [2.05, 4.69) is 27.8 Å². The van der Waals surface area contributed by atoms with Crippen molar-refractivity contribution in [1.29, 1.82) is 0 Å². The summed E-state index contributed by atoms with van der Waals surface area (Å²) in [6.07, 6.45) is 9.13. The fraction of sp³-hybridized carbons (Fsp3) is 0.857. The van der Waals surface area contributed by atoms with Crippen molar-refractivity contribution >= 4 is 24.9 Å². The number of guanidine groups is 1. The highest BCUT2D eigenvalue weighted by Gasteiger charge is 2.29. The summed E-state index contributed by atoms with van der Waals surface area (Å²) >= 11 is 0. The van der Waals surface area contributed by atoms with Crippen LogP contribution in [0.5, 0.6) is 0 Å². The SMILES string of the molecule is CCCCCCCCCC(=O)N[C@@H](CCC[NH+]=C(N)NN=O)C(=O)N[C@@H](CC(C)C)B(O)O. The van der Waals surface area contributed by atoms with Crippen LogP contribution >= 0.6 is 0 Å². The molecule has 2 amide bonds. The summed E-state index contributed by atoms with van der Waals surface area (Å²) in [6.45, 7) is 6.35. The Labute approximate surface area is 197 Å². The summed E-state index contributed by atoms with van der Waals surface area (Å²) in [6, 6.07) is -0.823. The lowest BCUT2D eigenvalue weighted by Crippen LogP contribution is -2.78. The Kier molecular flexibility index (Phi) is 18.0. The van der Waals surface area contributed by atoms with Crippen molar-refractivity contribution in [2.75, 3.05) is 6.54 Å². The molecule has 0 radical (unpaired) electrons. The molecule has 0 bridgehead atoms. The van der Waals surface area contributed by atoms with Crippen LogP contribution < -0.4 is 26.8 Å². The zero-order valence-electron chi connectivity index (χ0n) is 20.4. The quantitative estimate of drug-likeness (QED) is 0.0334. The Morgan fingerprint density at radius 2 is 1.67 bits per heavy atom. The van der Waals surface area contributed by atoms with Crippen molar-refractivity contribution < 1.29 is 24.6 Å². The summed E-state index contributed by atoms with van der Waals surface area (Å²) in [7, 11) is -1.70. The molecule has 0 aliphatic carbocycles. The van der Waals surface area contributed by atoms with Crippen molar-refractivity contribution in [1.82, 2.24) is 16.1 Å². The number of nitrogens with one attached hydrogen (secondary N) is 4. The van der Waals surface area contributed by atoms with Gasteiger partial charge in [0, 0.05) is 6.42 Å². The van der Waals surface area contributed by atoms with Crippen LogP contribution in [0, 0.1) is 10.8 Å². The second kappa shape index (κ2) is 19.3. The molecule has 190 valence electrons. The van der Waals surface area contributed by atoms with E-state index in [0.717, 1.165) is 19.3 Å². The molecule has 0 saturated carbocycles. The lowest BCUT2D eigenvalue weighted by atomic mass is 9.75. The van der Waals surface area contributed by atoms with Gasteiger partial charge in [0.2, 0.25) is 11.8 Å². The van der Waals surface area contributed by atoms with Crippen molar-refractivity contribution in [3.63, 3.8) is 0 Å². The Hall–Kier alpha value is -2.21. The normalized spacial score (nSPS) is 13.3. The van der Waals surface area contributed by atoms with Crippen LogP contribution in [0.25, 0.3) is 0 Å². The van der Waals surface area contributed by atoms with Gasteiger partial charge in [0.1, 0.15) is 11.3 Å². The molecule has 8 N–H and O–H groups in total. The minimum atomic E-state index is -1.70. The Bertz CT molecular complexity index is 591. The molecule has 2 atom stereocenters. The molecular formula is C21H44BN6O5+. The van der Waals surface area contributed by atoms with Gasteiger partial charge in [-0.2, -0.15) is 0 Å². The van der Waals surface area contributed by atoms with Crippen molar-refractivity contribution in [2.24, 2.45) is 16.9 Å². The third kappa shape index (κ3) is 17.0. The zero-order valence-corrected chi connectivity index (χ0v) is 20.4. The smallest absolute Gasteiger partial charge is 0.426 e. The Morgan fingerprint density at radius 3 is 2.24 bits per heavy atom. The number of amides is 2. The van der Waals surface area contributed by atoms with Gasteiger partial charge in [0.05, 0.1) is 12.5 Å². The largest absolute Gasteiger partial charge is 0.475 e. The van der Waals surface area contributed by atoms with Crippen molar-refractivity contribution in [3.05, 3.63) is 4.91 Å². The van der Waals surface area contributed by atoms with Gasteiger partial charge in [-0.3, -0.25) is 20.3 Å². The summed E-state index contributed by atoms with van der Waals surface area (Å²) in [4.78, 5) is 38.1. The molecule has 11 nitrogen and oxygen atoms in total. The van der Waals surface area contributed by atoms with Gasteiger partial charge in [-0.05, 0) is 31.6 Å². The first kappa shape index (κ1) is 30.8. The molecule has 0 aliphatic heterocycles. The topological polar surface area (TPSA) is 180 Å². The number of carbonyl (C=O) groups excluding carboxylic acids is 2. The molecule has 0 rings (SSSR count). The van der Waals surface area contributed by atoms with Gasteiger partial charge in [-0.1, -0.05) is 59.3 Å². The highest BCUT2D eigenvalue weighted by molar-refractivity contribution is 6.43. The van der Waals surface area contributed by atoms with Crippen LogP contribution in [-0.4, -0.2) is 53.5 Å². The third-order valence-electron chi connectivity index (χ3n) is 5.22. The summed E-state index contributed by atoms with van der Waals surface area (Å²) in [5.41, 5.74) is 7.53. The number of unbranched alkanes of at least 4 members (excludes halogenated alkanes) is 6. The second-order valence-corrected chi connectivity index (χ2v) is 8.84. The van der Waals surface area contributed by atoms with E-state index in [1.54, 1.807) is 0 Å². The molecule has 0 unspecified atom stereocenters. The van der Waals surface area contributed by atoms with Gasteiger partial charge in [0.25, 0.3) is 0 Å². The van der Waals surface area contributed by atoms with Gasteiger partial charge < -0.3 is 20.7 Å². The first-order chi connectivity index (χ1) is 15.7. The van der Waals surface area contributed by atoms with Crippen LogP contribution in [-0.2, 0) is 9.59 Å². The molecule has 33 heavy (non-hydrogen) atoms. The maximum Gasteiger partial charge on any atom is 0.475 e. The van der Waals surface area contributed by atoms with Gasteiger partial charge >= 0.3 is 13.1 Å². The zero-order chi connectivity index (χ0) is 25.1. The predicted molar refractivity (Wildman–Crippen MR) is 129 cm³/mol. The van der Waals surface area contributed by atoms with Crippen LogP contribution in [0.4, 0.5) is 0 Å². The Morgan fingerprint density at radius 1 is 1.03 bits per heavy atom. The van der Waals surface area contributed by atoms with Crippen LogP contribution in [0.3, 0.4) is 0 Å². The number of carbonyl (C=O) groups is 2. The molecule has 0 spiro atoms. The molecule has 0 aromatic carbocycles. The van der Waals surface area contributed by atoms with E-state index in [9.17, 15) is 24.5 Å². The fourth-order valence-electron chi connectivity index (χ4n) is 3.44. The van der Waals surface area contributed by atoms with E-state index in [0.29, 0.717) is 32.2 Å². The average molecular weight is 471 g/mol. The molecule has 0 aliphatic rings. The molecule has 12 heteroatoms. The first-order valence-corrected chi connectivity index (χ1v) is 12.1. The monoisotopic (exact) mass is 471 g/mol. The van der Waals surface area contributed by atoms with E-state index >= 15 is 0 Å². The van der Waals surface area contributed by atoms with E-state index in [1.807, 2.05) is 19.3 Å². The maximum atomic E-state index is 12.8. The number of rotatable bonds is 19. The Balaban J connectivity index is 4.81. The van der Waals surface area contributed by atoms with Crippen LogP contribution in [0.1, 0.15) is 91.4 Å². The molecule has 0 aromatic heterocycles. The van der Waals surface area contributed by atoms with Gasteiger partial charge in [-0.15, -0.1) is 10.3 Å². The van der Waals surface area contributed by atoms with E-state index < -0.39 is 25.0 Å². The van der Waals surface area contributed by atoms with E-state index in [4.69, 9.17) is 5.73 Å².